The Kier molecular flexibility index (Phi) is 5.40. The van der Waals surface area contributed by atoms with Crippen molar-refractivity contribution in [1.29, 1.82) is 0 Å². The number of hydrogen-bond acceptors (Lipinski definition) is 3. The first-order chi connectivity index (χ1) is 10.1. The number of ketones is 1. The highest BCUT2D eigenvalue weighted by atomic mass is 16.5. The lowest BCUT2D eigenvalue weighted by Gasteiger charge is -2.23. The molecule has 1 aliphatic rings. The van der Waals surface area contributed by atoms with Gasteiger partial charge in [0.05, 0.1) is 12.2 Å². The molecule has 0 N–H and O–H groups in total. The molecular weight excluding hydrogens is 262 g/mol. The molecule has 3 heteroatoms. The Bertz CT molecular complexity index is 492. The largest absolute Gasteiger partial charge is 0.493 e. The normalized spacial score (nSPS) is 18.6. The van der Waals surface area contributed by atoms with E-state index >= 15 is 0 Å². The molecule has 0 saturated heterocycles. The topological polar surface area (TPSA) is 29.5 Å². The van der Waals surface area contributed by atoms with E-state index in [1.807, 2.05) is 12.1 Å². The van der Waals surface area contributed by atoms with Crippen LogP contribution in [0.5, 0.6) is 5.75 Å². The third kappa shape index (κ3) is 3.46. The van der Waals surface area contributed by atoms with Gasteiger partial charge in [-0.3, -0.25) is 4.79 Å². The number of carbonyl (C=O) groups excluding carboxylic acids is 1. The highest BCUT2D eigenvalue weighted by molar-refractivity contribution is 6.01. The van der Waals surface area contributed by atoms with Gasteiger partial charge >= 0.3 is 0 Å². The second-order valence-corrected chi connectivity index (χ2v) is 6.06. The molecule has 1 heterocycles. The SMILES string of the molecule is CCN(CC)CC1CCOc2c(cccc2C(C)C)C1=O. The Morgan fingerprint density at radius 2 is 2.00 bits per heavy atom. The number of fused-ring (bicyclic) bond motifs is 1. The van der Waals surface area contributed by atoms with Crippen molar-refractivity contribution in [3.8, 4) is 5.75 Å². The Labute approximate surface area is 128 Å². The summed E-state index contributed by atoms with van der Waals surface area (Å²) in [6, 6.07) is 5.97. The summed E-state index contributed by atoms with van der Waals surface area (Å²) in [6.07, 6.45) is 0.807. The van der Waals surface area contributed by atoms with Crippen molar-refractivity contribution in [2.24, 2.45) is 5.92 Å². The van der Waals surface area contributed by atoms with Gasteiger partial charge < -0.3 is 9.64 Å². The molecule has 0 radical (unpaired) electrons. The van der Waals surface area contributed by atoms with Crippen molar-refractivity contribution >= 4 is 5.78 Å². The van der Waals surface area contributed by atoms with Crippen LogP contribution in [0.3, 0.4) is 0 Å². The summed E-state index contributed by atoms with van der Waals surface area (Å²) < 4.78 is 5.95. The molecule has 1 unspecified atom stereocenters. The number of para-hydroxylation sites is 1. The molecule has 21 heavy (non-hydrogen) atoms. The fourth-order valence-electron chi connectivity index (χ4n) is 2.99. The quantitative estimate of drug-likeness (QED) is 0.827. The minimum Gasteiger partial charge on any atom is -0.493 e. The molecule has 0 aliphatic carbocycles. The molecule has 3 nitrogen and oxygen atoms in total. The van der Waals surface area contributed by atoms with Crippen LogP contribution in [0, 0.1) is 5.92 Å². The van der Waals surface area contributed by atoms with Crippen molar-refractivity contribution in [2.45, 2.75) is 40.0 Å². The number of nitrogens with zero attached hydrogens (tertiary/aromatic N) is 1. The smallest absolute Gasteiger partial charge is 0.171 e. The van der Waals surface area contributed by atoms with Crippen LogP contribution in [0.1, 0.15) is 56.0 Å². The Balaban J connectivity index is 2.30. The van der Waals surface area contributed by atoms with Gasteiger partial charge in [-0.05, 0) is 37.1 Å². The molecule has 1 atom stereocenters. The second-order valence-electron chi connectivity index (χ2n) is 6.06. The summed E-state index contributed by atoms with van der Waals surface area (Å²) in [4.78, 5) is 15.2. The lowest BCUT2D eigenvalue weighted by atomic mass is 9.91. The van der Waals surface area contributed by atoms with Crippen molar-refractivity contribution in [3.05, 3.63) is 29.3 Å². The summed E-state index contributed by atoms with van der Waals surface area (Å²) in [5, 5.41) is 0. The van der Waals surface area contributed by atoms with E-state index in [2.05, 4.69) is 38.7 Å². The van der Waals surface area contributed by atoms with Crippen LogP contribution >= 0.6 is 0 Å². The van der Waals surface area contributed by atoms with E-state index in [9.17, 15) is 4.79 Å². The maximum absolute atomic E-state index is 12.9. The summed E-state index contributed by atoms with van der Waals surface area (Å²) >= 11 is 0. The number of rotatable bonds is 5. The van der Waals surface area contributed by atoms with Gasteiger partial charge in [0.15, 0.2) is 5.78 Å². The van der Waals surface area contributed by atoms with Crippen molar-refractivity contribution in [1.82, 2.24) is 4.90 Å². The summed E-state index contributed by atoms with van der Waals surface area (Å²) in [5.41, 5.74) is 1.92. The molecule has 0 bridgehead atoms. The molecule has 0 aromatic heterocycles. The monoisotopic (exact) mass is 289 g/mol. The van der Waals surface area contributed by atoms with Gasteiger partial charge in [-0.15, -0.1) is 0 Å². The molecule has 1 aromatic carbocycles. The Morgan fingerprint density at radius 1 is 1.29 bits per heavy atom. The number of benzene rings is 1. The van der Waals surface area contributed by atoms with Gasteiger partial charge in [0, 0.05) is 12.5 Å². The fraction of sp³-hybridized carbons (Fsp3) is 0.611. The van der Waals surface area contributed by atoms with Crippen LogP contribution < -0.4 is 4.74 Å². The second kappa shape index (κ2) is 7.08. The first-order valence-corrected chi connectivity index (χ1v) is 8.10. The first-order valence-electron chi connectivity index (χ1n) is 8.10. The number of Topliss-reactive ketones (excluding diaryl/α,β-unsaturated/α-hetero) is 1. The van der Waals surface area contributed by atoms with Crippen molar-refractivity contribution < 1.29 is 9.53 Å². The van der Waals surface area contributed by atoms with Gasteiger partial charge in [-0.1, -0.05) is 39.8 Å². The van der Waals surface area contributed by atoms with E-state index in [1.54, 1.807) is 0 Å². The molecule has 1 aromatic rings. The Morgan fingerprint density at radius 3 is 2.62 bits per heavy atom. The summed E-state index contributed by atoms with van der Waals surface area (Å²) in [7, 11) is 0. The third-order valence-electron chi connectivity index (χ3n) is 4.39. The lowest BCUT2D eigenvalue weighted by molar-refractivity contribution is 0.0877. The molecule has 0 fully saturated rings. The van der Waals surface area contributed by atoms with Crippen LogP contribution in [0.2, 0.25) is 0 Å². The van der Waals surface area contributed by atoms with Crippen LogP contribution in [-0.4, -0.2) is 36.9 Å². The van der Waals surface area contributed by atoms with E-state index in [4.69, 9.17) is 4.74 Å². The summed E-state index contributed by atoms with van der Waals surface area (Å²) in [6.45, 7) is 12.0. The summed E-state index contributed by atoms with van der Waals surface area (Å²) in [5.74, 6) is 1.48. The maximum atomic E-state index is 12.9. The van der Waals surface area contributed by atoms with Crippen molar-refractivity contribution in [2.75, 3.05) is 26.2 Å². The number of ether oxygens (including phenoxy) is 1. The zero-order valence-corrected chi connectivity index (χ0v) is 13.7. The van der Waals surface area contributed by atoms with E-state index in [-0.39, 0.29) is 11.7 Å². The van der Waals surface area contributed by atoms with E-state index in [1.165, 1.54) is 0 Å². The minimum absolute atomic E-state index is 0.0496. The average molecular weight is 289 g/mol. The lowest BCUT2D eigenvalue weighted by Crippen LogP contribution is -2.33. The minimum atomic E-state index is 0.0496. The van der Waals surface area contributed by atoms with E-state index < -0.39 is 0 Å². The molecule has 0 amide bonds. The maximum Gasteiger partial charge on any atom is 0.171 e. The molecule has 2 rings (SSSR count). The zero-order valence-electron chi connectivity index (χ0n) is 13.7. The van der Waals surface area contributed by atoms with Crippen molar-refractivity contribution in [3.63, 3.8) is 0 Å². The Hall–Kier alpha value is -1.35. The van der Waals surface area contributed by atoms with Crippen LogP contribution in [0.15, 0.2) is 18.2 Å². The van der Waals surface area contributed by atoms with Crippen LogP contribution in [0.25, 0.3) is 0 Å². The number of carbonyl (C=O) groups is 1. The van der Waals surface area contributed by atoms with Gasteiger partial charge in [0.1, 0.15) is 5.75 Å². The molecule has 116 valence electrons. The first kappa shape index (κ1) is 16.0. The average Bonchev–Trinajstić information content (AvgIpc) is 2.64. The van der Waals surface area contributed by atoms with Crippen LogP contribution in [0.4, 0.5) is 0 Å². The van der Waals surface area contributed by atoms with Gasteiger partial charge in [0.25, 0.3) is 0 Å². The highest BCUT2D eigenvalue weighted by Crippen LogP contribution is 2.34. The zero-order chi connectivity index (χ0) is 15.4. The molecular formula is C18H27NO2. The molecule has 0 saturated carbocycles. The van der Waals surface area contributed by atoms with Gasteiger partial charge in [0.2, 0.25) is 0 Å². The predicted molar refractivity (Wildman–Crippen MR) is 86.3 cm³/mol. The van der Waals surface area contributed by atoms with Gasteiger partial charge in [-0.2, -0.15) is 0 Å². The highest BCUT2D eigenvalue weighted by Gasteiger charge is 2.29. The van der Waals surface area contributed by atoms with Crippen LogP contribution in [-0.2, 0) is 0 Å². The third-order valence-corrected chi connectivity index (χ3v) is 4.39. The number of hydrogen-bond donors (Lipinski definition) is 0. The molecule has 1 aliphatic heterocycles. The van der Waals surface area contributed by atoms with E-state index in [0.29, 0.717) is 12.5 Å². The standard InChI is InChI=1S/C18H27NO2/c1-5-19(6-2)12-14-10-11-21-18-15(13(3)4)8-7-9-16(18)17(14)20/h7-9,13-14H,5-6,10-12H2,1-4H3. The van der Waals surface area contributed by atoms with E-state index in [0.717, 1.165) is 42.9 Å². The van der Waals surface area contributed by atoms with Gasteiger partial charge in [-0.25, -0.2) is 0 Å². The fourth-order valence-corrected chi connectivity index (χ4v) is 2.99. The molecule has 0 spiro atoms. The predicted octanol–water partition coefficient (Wildman–Crippen LogP) is 3.73.